The minimum atomic E-state index is -4.47. The summed E-state index contributed by atoms with van der Waals surface area (Å²) in [5.74, 6) is -0.828. The van der Waals surface area contributed by atoms with Gasteiger partial charge >= 0.3 is 6.18 Å². The van der Waals surface area contributed by atoms with Gasteiger partial charge in [-0.15, -0.1) is 0 Å². The van der Waals surface area contributed by atoms with E-state index in [2.05, 4.69) is 25.3 Å². The molecule has 162 valence electrons. The highest BCUT2D eigenvalue weighted by Gasteiger charge is 2.28. The van der Waals surface area contributed by atoms with Crippen LogP contribution in [-0.4, -0.2) is 34.6 Å². The first-order valence-electron chi connectivity index (χ1n) is 9.20. The summed E-state index contributed by atoms with van der Waals surface area (Å²) >= 11 is 0. The Labute approximate surface area is 172 Å². The number of nitrogens with zero attached hydrogens (tertiary/aromatic N) is 2. The Bertz CT molecular complexity index is 916. The van der Waals surface area contributed by atoms with Crippen molar-refractivity contribution in [1.82, 2.24) is 15.3 Å². The topological polar surface area (TPSA) is 93.2 Å². The number of rotatable bonds is 7. The minimum absolute atomic E-state index is 0.190. The van der Waals surface area contributed by atoms with Crippen molar-refractivity contribution < 1.29 is 27.5 Å². The molecule has 0 fully saturated rings. The van der Waals surface area contributed by atoms with Gasteiger partial charge in [0.15, 0.2) is 6.61 Å². The van der Waals surface area contributed by atoms with Crippen LogP contribution in [0.4, 0.5) is 19.0 Å². The lowest BCUT2D eigenvalue weighted by atomic mass is 10.1. The Balaban J connectivity index is 2.10. The molecule has 0 aliphatic carbocycles. The number of nitrogens with one attached hydrogen (secondary N) is 2. The lowest BCUT2D eigenvalue weighted by Gasteiger charge is -2.16. The maximum Gasteiger partial charge on any atom is 0.422 e. The molecule has 7 nitrogen and oxygen atoms in total. The predicted octanol–water partition coefficient (Wildman–Crippen LogP) is 3.81. The molecule has 0 aromatic carbocycles. The summed E-state index contributed by atoms with van der Waals surface area (Å²) < 4.78 is 41.6. The predicted molar refractivity (Wildman–Crippen MR) is 104 cm³/mol. The van der Waals surface area contributed by atoms with Crippen LogP contribution in [0.1, 0.15) is 48.4 Å². The van der Waals surface area contributed by atoms with Crippen LogP contribution in [0, 0.1) is 12.8 Å². The highest BCUT2D eigenvalue weighted by molar-refractivity contribution is 5.97. The van der Waals surface area contributed by atoms with Crippen molar-refractivity contribution in [3.05, 3.63) is 47.3 Å². The number of hydrogen-bond donors (Lipinski definition) is 2. The quantitative estimate of drug-likeness (QED) is 0.705. The van der Waals surface area contributed by atoms with Crippen molar-refractivity contribution in [2.75, 3.05) is 11.9 Å². The zero-order chi connectivity index (χ0) is 22.5. The van der Waals surface area contributed by atoms with E-state index >= 15 is 0 Å². The van der Waals surface area contributed by atoms with Crippen molar-refractivity contribution in [3.8, 4) is 5.88 Å². The number of hydrogen-bond acceptors (Lipinski definition) is 5. The van der Waals surface area contributed by atoms with Crippen LogP contribution in [0.3, 0.4) is 0 Å². The van der Waals surface area contributed by atoms with Crippen LogP contribution in [0.25, 0.3) is 0 Å². The molecule has 2 rings (SSSR count). The van der Waals surface area contributed by atoms with E-state index in [0.29, 0.717) is 11.3 Å². The first kappa shape index (κ1) is 23.1. The SMILES string of the molecule is Cc1cc(C(=O)NC(C)c2ccnc(OCC(F)(F)F)c2)cc(NC(=O)C(C)C)n1. The highest BCUT2D eigenvalue weighted by Crippen LogP contribution is 2.21. The average Bonchev–Trinajstić information content (AvgIpc) is 2.65. The third-order valence-electron chi connectivity index (χ3n) is 3.98. The molecule has 30 heavy (non-hydrogen) atoms. The zero-order valence-electron chi connectivity index (χ0n) is 17.0. The van der Waals surface area contributed by atoms with Gasteiger partial charge < -0.3 is 15.4 Å². The van der Waals surface area contributed by atoms with Crippen molar-refractivity contribution in [2.45, 2.75) is 39.9 Å². The van der Waals surface area contributed by atoms with E-state index < -0.39 is 24.7 Å². The van der Waals surface area contributed by atoms with E-state index in [9.17, 15) is 22.8 Å². The van der Waals surface area contributed by atoms with Gasteiger partial charge in [-0.1, -0.05) is 13.8 Å². The third kappa shape index (κ3) is 7.02. The first-order chi connectivity index (χ1) is 13.9. The van der Waals surface area contributed by atoms with Crippen LogP contribution in [-0.2, 0) is 4.79 Å². The van der Waals surface area contributed by atoms with E-state index in [4.69, 9.17) is 0 Å². The highest BCUT2D eigenvalue weighted by atomic mass is 19.4. The van der Waals surface area contributed by atoms with E-state index in [1.165, 1.54) is 18.3 Å². The number of aryl methyl sites for hydroxylation is 1. The molecule has 2 aromatic heterocycles. The second kappa shape index (κ2) is 9.55. The minimum Gasteiger partial charge on any atom is -0.468 e. The molecule has 2 N–H and O–H groups in total. The van der Waals surface area contributed by atoms with E-state index in [0.717, 1.165) is 0 Å². The molecule has 1 atom stereocenters. The number of carbonyl (C=O) groups excluding carboxylic acids is 2. The Hall–Kier alpha value is -3.17. The van der Waals surface area contributed by atoms with Gasteiger partial charge in [-0.05, 0) is 37.6 Å². The Morgan fingerprint density at radius 2 is 1.87 bits per heavy atom. The van der Waals surface area contributed by atoms with Gasteiger partial charge in [-0.25, -0.2) is 9.97 Å². The van der Waals surface area contributed by atoms with Gasteiger partial charge in [0.2, 0.25) is 11.8 Å². The maximum atomic E-state index is 12.6. The lowest BCUT2D eigenvalue weighted by Crippen LogP contribution is -2.27. The molecule has 1 unspecified atom stereocenters. The van der Waals surface area contributed by atoms with Gasteiger partial charge in [0.25, 0.3) is 5.91 Å². The molecular weight excluding hydrogens is 401 g/mol. The average molecular weight is 424 g/mol. The Morgan fingerprint density at radius 3 is 2.50 bits per heavy atom. The number of carbonyl (C=O) groups is 2. The summed E-state index contributed by atoms with van der Waals surface area (Å²) in [6.45, 7) is 5.39. The Morgan fingerprint density at radius 1 is 1.17 bits per heavy atom. The summed E-state index contributed by atoms with van der Waals surface area (Å²) in [5.41, 5.74) is 1.35. The summed E-state index contributed by atoms with van der Waals surface area (Å²) in [6, 6.07) is 5.40. The molecule has 0 aliphatic rings. The largest absolute Gasteiger partial charge is 0.468 e. The number of amides is 2. The number of aromatic nitrogens is 2. The molecule has 0 spiro atoms. The molecule has 0 saturated carbocycles. The van der Waals surface area contributed by atoms with E-state index in [1.54, 1.807) is 39.8 Å². The first-order valence-corrected chi connectivity index (χ1v) is 9.20. The number of halogens is 3. The van der Waals surface area contributed by atoms with Crippen LogP contribution in [0.5, 0.6) is 5.88 Å². The standard InChI is InChI=1S/C20H23F3N4O3/c1-11(2)18(28)27-16-8-15(7-12(3)25-16)19(29)26-13(4)14-5-6-24-17(9-14)30-10-20(21,22)23/h5-9,11,13H,10H2,1-4H3,(H,26,29)(H,25,27,28). The molecule has 0 bridgehead atoms. The van der Waals surface area contributed by atoms with E-state index in [-0.39, 0.29) is 29.1 Å². The molecule has 0 aliphatic heterocycles. The fourth-order valence-electron chi connectivity index (χ4n) is 2.43. The van der Waals surface area contributed by atoms with Gasteiger partial charge in [-0.3, -0.25) is 9.59 Å². The van der Waals surface area contributed by atoms with Crippen LogP contribution in [0.15, 0.2) is 30.5 Å². The van der Waals surface area contributed by atoms with Crippen LogP contribution >= 0.6 is 0 Å². The van der Waals surface area contributed by atoms with Gasteiger partial charge in [0, 0.05) is 29.4 Å². The second-order valence-corrected chi connectivity index (χ2v) is 7.05. The number of anilines is 1. The molecule has 10 heteroatoms. The third-order valence-corrected chi connectivity index (χ3v) is 3.98. The number of ether oxygens (including phenoxy) is 1. The fourth-order valence-corrected chi connectivity index (χ4v) is 2.43. The van der Waals surface area contributed by atoms with Crippen molar-refractivity contribution >= 4 is 17.6 Å². The van der Waals surface area contributed by atoms with Crippen molar-refractivity contribution in [3.63, 3.8) is 0 Å². The van der Waals surface area contributed by atoms with E-state index in [1.807, 2.05) is 0 Å². The second-order valence-electron chi connectivity index (χ2n) is 7.05. The summed E-state index contributed by atoms with van der Waals surface area (Å²) in [4.78, 5) is 32.5. The van der Waals surface area contributed by atoms with Gasteiger partial charge in [0.05, 0.1) is 6.04 Å². The lowest BCUT2D eigenvalue weighted by molar-refractivity contribution is -0.154. The fraction of sp³-hybridized carbons (Fsp3) is 0.400. The molecule has 2 amide bonds. The summed E-state index contributed by atoms with van der Waals surface area (Å²) in [6.07, 6.45) is -3.17. The molecular formula is C20H23F3N4O3. The zero-order valence-corrected chi connectivity index (χ0v) is 17.0. The van der Waals surface area contributed by atoms with Crippen molar-refractivity contribution in [1.29, 1.82) is 0 Å². The normalized spacial score (nSPS) is 12.4. The van der Waals surface area contributed by atoms with Gasteiger partial charge in [0.1, 0.15) is 5.82 Å². The summed E-state index contributed by atoms with van der Waals surface area (Å²) in [5, 5.41) is 5.41. The monoisotopic (exact) mass is 424 g/mol. The molecule has 0 radical (unpaired) electrons. The maximum absolute atomic E-state index is 12.6. The van der Waals surface area contributed by atoms with Crippen molar-refractivity contribution in [2.24, 2.45) is 5.92 Å². The van der Waals surface area contributed by atoms with Crippen LogP contribution < -0.4 is 15.4 Å². The Kier molecular flexibility index (Phi) is 7.36. The smallest absolute Gasteiger partial charge is 0.422 e. The van der Waals surface area contributed by atoms with Crippen LogP contribution in [0.2, 0.25) is 0 Å². The molecule has 2 heterocycles. The molecule has 2 aromatic rings. The number of alkyl halides is 3. The molecule has 0 saturated heterocycles. The van der Waals surface area contributed by atoms with Gasteiger partial charge in [-0.2, -0.15) is 13.2 Å². The summed E-state index contributed by atoms with van der Waals surface area (Å²) in [7, 11) is 0. The number of pyridine rings is 2.